The first-order chi connectivity index (χ1) is 14.6. The van der Waals surface area contributed by atoms with Gasteiger partial charge in [-0.05, 0) is 42.9 Å². The Labute approximate surface area is 183 Å². The predicted octanol–water partition coefficient (Wildman–Crippen LogP) is 4.06. The molecule has 154 valence electrons. The van der Waals surface area contributed by atoms with Gasteiger partial charge in [-0.3, -0.25) is 9.78 Å². The van der Waals surface area contributed by atoms with Crippen LogP contribution in [0.1, 0.15) is 35.8 Å². The minimum absolute atomic E-state index is 0.145. The van der Waals surface area contributed by atoms with Gasteiger partial charge >= 0.3 is 0 Å². The number of carbonyl (C=O) groups is 1. The molecular weight excluding hydrogens is 416 g/mol. The van der Waals surface area contributed by atoms with E-state index < -0.39 is 0 Å². The van der Waals surface area contributed by atoms with Crippen molar-refractivity contribution in [2.45, 2.75) is 37.8 Å². The van der Waals surface area contributed by atoms with Crippen molar-refractivity contribution in [1.29, 1.82) is 5.26 Å². The van der Waals surface area contributed by atoms with E-state index in [2.05, 4.69) is 33.5 Å². The van der Waals surface area contributed by atoms with Crippen LogP contribution in [0.2, 0.25) is 0 Å². The van der Waals surface area contributed by atoms with E-state index in [1.165, 1.54) is 16.6 Å². The number of nitrogens with zero attached hydrogens (tertiary/aromatic N) is 5. The number of pyridine rings is 1. The Morgan fingerprint density at radius 2 is 2.33 bits per heavy atom. The molecule has 30 heavy (non-hydrogen) atoms. The van der Waals surface area contributed by atoms with E-state index in [1.54, 1.807) is 23.7 Å². The molecule has 4 rings (SSSR count). The maximum Gasteiger partial charge on any atom is 0.235 e. The number of rotatable bonds is 6. The second-order valence-corrected chi connectivity index (χ2v) is 9.33. The van der Waals surface area contributed by atoms with Crippen molar-refractivity contribution in [3.63, 3.8) is 0 Å². The summed E-state index contributed by atoms with van der Waals surface area (Å²) in [6.45, 7) is 2.21. The van der Waals surface area contributed by atoms with Gasteiger partial charge in [-0.15, -0.1) is 21.5 Å². The van der Waals surface area contributed by atoms with Crippen LogP contribution in [0.4, 0.5) is 5.00 Å². The van der Waals surface area contributed by atoms with Crippen molar-refractivity contribution in [1.82, 2.24) is 19.7 Å². The summed E-state index contributed by atoms with van der Waals surface area (Å²) in [6.07, 6.45) is 7.63. The Morgan fingerprint density at radius 1 is 1.47 bits per heavy atom. The molecule has 1 N–H and O–H groups in total. The zero-order valence-corrected chi connectivity index (χ0v) is 18.5. The molecule has 0 spiro atoms. The summed E-state index contributed by atoms with van der Waals surface area (Å²) in [5.74, 6) is 1.43. The van der Waals surface area contributed by atoms with E-state index in [9.17, 15) is 10.1 Å². The van der Waals surface area contributed by atoms with Gasteiger partial charge in [-0.1, -0.05) is 25.1 Å². The number of nitrogens with one attached hydrogen (secondary N) is 1. The lowest BCUT2D eigenvalue weighted by molar-refractivity contribution is -0.113. The van der Waals surface area contributed by atoms with Gasteiger partial charge in [0.05, 0.1) is 11.3 Å². The molecule has 1 amide bonds. The van der Waals surface area contributed by atoms with Crippen molar-refractivity contribution < 1.29 is 4.79 Å². The molecular formula is C21H22N6OS2. The predicted molar refractivity (Wildman–Crippen MR) is 118 cm³/mol. The van der Waals surface area contributed by atoms with E-state index in [1.807, 2.05) is 23.7 Å². The summed E-state index contributed by atoms with van der Waals surface area (Å²) in [4.78, 5) is 17.9. The van der Waals surface area contributed by atoms with Crippen molar-refractivity contribution >= 4 is 34.0 Å². The Morgan fingerprint density at radius 3 is 3.07 bits per heavy atom. The van der Waals surface area contributed by atoms with Gasteiger partial charge in [0, 0.05) is 29.9 Å². The van der Waals surface area contributed by atoms with E-state index in [0.29, 0.717) is 27.5 Å². The summed E-state index contributed by atoms with van der Waals surface area (Å²) in [7, 11) is 1.87. The van der Waals surface area contributed by atoms with Crippen molar-refractivity contribution in [2.75, 3.05) is 11.1 Å². The van der Waals surface area contributed by atoms with Crippen LogP contribution in [0, 0.1) is 17.2 Å². The number of thioether (sulfide) groups is 1. The zero-order valence-electron chi connectivity index (χ0n) is 16.9. The first kappa shape index (κ1) is 20.6. The quantitative estimate of drug-likeness (QED) is 0.583. The molecule has 7 nitrogen and oxygen atoms in total. The smallest absolute Gasteiger partial charge is 0.235 e. The molecule has 3 aromatic heterocycles. The third kappa shape index (κ3) is 4.11. The molecule has 0 aliphatic heterocycles. The molecule has 0 saturated heterocycles. The molecule has 1 atom stereocenters. The van der Waals surface area contributed by atoms with E-state index in [-0.39, 0.29) is 11.7 Å². The highest BCUT2D eigenvalue weighted by Crippen LogP contribution is 2.40. The third-order valence-corrected chi connectivity index (χ3v) is 7.59. The fourth-order valence-corrected chi connectivity index (χ4v) is 5.73. The SMILES string of the molecule is CCC1CCc2c(sc(NC(=O)CSc3nnc(-c4cccnc4)n3C)c2C#N)C1. The standard InChI is InChI=1S/C21H22N6OS2/c1-3-13-6-7-15-16(10-22)20(30-17(15)9-13)24-18(28)12-29-21-26-25-19(27(21)2)14-5-4-8-23-11-14/h4-5,8,11,13H,3,6-7,9,12H2,1-2H3,(H,24,28). The number of fused-ring (bicyclic) bond motifs is 1. The minimum Gasteiger partial charge on any atom is -0.316 e. The number of hydrogen-bond donors (Lipinski definition) is 1. The molecule has 3 aromatic rings. The lowest BCUT2D eigenvalue weighted by atomic mass is 9.86. The van der Waals surface area contributed by atoms with E-state index >= 15 is 0 Å². The first-order valence-corrected chi connectivity index (χ1v) is 11.7. The van der Waals surface area contributed by atoms with Crippen LogP contribution >= 0.6 is 23.1 Å². The van der Waals surface area contributed by atoms with Crippen LogP contribution in [0.15, 0.2) is 29.7 Å². The van der Waals surface area contributed by atoms with Crippen LogP contribution in [0.5, 0.6) is 0 Å². The molecule has 3 heterocycles. The molecule has 1 aliphatic carbocycles. The van der Waals surface area contributed by atoms with Gasteiger partial charge < -0.3 is 9.88 Å². The van der Waals surface area contributed by atoms with Gasteiger partial charge in [0.1, 0.15) is 11.1 Å². The van der Waals surface area contributed by atoms with E-state index in [4.69, 9.17) is 0 Å². The second kappa shape index (κ2) is 8.98. The zero-order chi connectivity index (χ0) is 21.1. The average molecular weight is 439 g/mol. The largest absolute Gasteiger partial charge is 0.316 e. The van der Waals surface area contributed by atoms with Crippen LogP contribution in [0.3, 0.4) is 0 Å². The van der Waals surface area contributed by atoms with Crippen LogP contribution in [-0.4, -0.2) is 31.4 Å². The first-order valence-electron chi connectivity index (χ1n) is 9.87. The fourth-order valence-electron chi connectivity index (χ4n) is 3.69. The number of aromatic nitrogens is 4. The summed E-state index contributed by atoms with van der Waals surface area (Å²) in [5, 5.41) is 22.3. The Balaban J connectivity index is 1.42. The summed E-state index contributed by atoms with van der Waals surface area (Å²) in [6, 6.07) is 6.07. The number of carbonyl (C=O) groups excluding carboxylic acids is 1. The molecule has 0 radical (unpaired) electrons. The minimum atomic E-state index is -0.145. The number of anilines is 1. The number of thiophene rings is 1. The molecule has 0 fully saturated rings. The Kier molecular flexibility index (Phi) is 6.16. The maximum atomic E-state index is 12.6. The third-order valence-electron chi connectivity index (χ3n) is 5.40. The topological polar surface area (TPSA) is 96.5 Å². The Bertz CT molecular complexity index is 1100. The normalized spacial score (nSPS) is 15.4. The van der Waals surface area contributed by atoms with Crippen LogP contribution in [0.25, 0.3) is 11.4 Å². The van der Waals surface area contributed by atoms with Gasteiger partial charge in [0.2, 0.25) is 5.91 Å². The second-order valence-electron chi connectivity index (χ2n) is 7.28. The van der Waals surface area contributed by atoms with Crippen molar-refractivity contribution in [2.24, 2.45) is 13.0 Å². The lowest BCUT2D eigenvalue weighted by Gasteiger charge is -2.20. The van der Waals surface area contributed by atoms with Gasteiger partial charge in [0.15, 0.2) is 11.0 Å². The highest BCUT2D eigenvalue weighted by molar-refractivity contribution is 7.99. The summed E-state index contributed by atoms with van der Waals surface area (Å²) < 4.78 is 1.85. The highest BCUT2D eigenvalue weighted by Gasteiger charge is 2.25. The number of nitriles is 1. The van der Waals surface area contributed by atoms with Crippen LogP contribution < -0.4 is 5.32 Å². The monoisotopic (exact) mass is 438 g/mol. The molecule has 9 heteroatoms. The van der Waals surface area contributed by atoms with Gasteiger partial charge in [0.25, 0.3) is 0 Å². The fraction of sp³-hybridized carbons (Fsp3) is 0.381. The maximum absolute atomic E-state index is 12.6. The molecule has 0 aromatic carbocycles. The van der Waals surface area contributed by atoms with Gasteiger partial charge in [-0.2, -0.15) is 5.26 Å². The summed E-state index contributed by atoms with van der Waals surface area (Å²) >= 11 is 2.88. The summed E-state index contributed by atoms with van der Waals surface area (Å²) in [5.41, 5.74) is 2.64. The lowest BCUT2D eigenvalue weighted by Crippen LogP contribution is -2.14. The van der Waals surface area contributed by atoms with Crippen molar-refractivity contribution in [3.05, 3.63) is 40.5 Å². The van der Waals surface area contributed by atoms with Gasteiger partial charge in [-0.25, -0.2) is 0 Å². The number of hydrogen-bond acceptors (Lipinski definition) is 7. The van der Waals surface area contributed by atoms with Crippen molar-refractivity contribution in [3.8, 4) is 17.5 Å². The molecule has 0 saturated carbocycles. The molecule has 1 aliphatic rings. The number of amides is 1. The molecule has 1 unspecified atom stereocenters. The Hall–Kier alpha value is -2.70. The van der Waals surface area contributed by atoms with E-state index in [0.717, 1.165) is 36.8 Å². The molecule has 0 bridgehead atoms. The highest BCUT2D eigenvalue weighted by atomic mass is 32.2. The van der Waals surface area contributed by atoms with Crippen LogP contribution in [-0.2, 0) is 24.7 Å². The average Bonchev–Trinajstić information content (AvgIpc) is 3.31.